The lowest BCUT2D eigenvalue weighted by Crippen LogP contribution is -2.52. The number of hydrogen-bond acceptors (Lipinski definition) is 10. The highest BCUT2D eigenvalue weighted by Crippen LogP contribution is 2.44. The quantitative estimate of drug-likeness (QED) is 0.100. The molecule has 0 spiro atoms. The summed E-state index contributed by atoms with van der Waals surface area (Å²) in [5.74, 6) is 1.61. The fourth-order valence-corrected chi connectivity index (χ4v) is 9.83. The molecule has 5 heterocycles. The van der Waals surface area contributed by atoms with Crippen LogP contribution in [0.1, 0.15) is 80.9 Å². The minimum Gasteiger partial charge on any atom is -0.488 e. The first-order valence-corrected chi connectivity index (χ1v) is 22.1. The smallest absolute Gasteiger partial charge is 0.407 e. The molecule has 6 atom stereocenters. The molecule has 1 unspecified atom stereocenters. The Kier molecular flexibility index (Phi) is 11.9. The van der Waals surface area contributed by atoms with E-state index < -0.39 is 30.3 Å². The summed E-state index contributed by atoms with van der Waals surface area (Å²) in [6, 6.07) is 21.3. The number of imidazole rings is 2. The van der Waals surface area contributed by atoms with Gasteiger partial charge in [-0.2, -0.15) is 0 Å². The van der Waals surface area contributed by atoms with Crippen LogP contribution in [0.25, 0.3) is 44.2 Å². The zero-order valence-electron chi connectivity index (χ0n) is 37.3. The fraction of sp³-hybridized carbons (Fsp3) is 0.388. The zero-order chi connectivity index (χ0) is 45.5. The number of ether oxygens (including phenoxy) is 4. The number of fused-ring (bicyclic) bond motifs is 6. The first-order chi connectivity index (χ1) is 31.5. The highest BCUT2D eigenvalue weighted by Gasteiger charge is 2.43. The molecule has 338 valence electrons. The number of hydrogen-bond donors (Lipinski definition) is 4. The van der Waals surface area contributed by atoms with Crippen molar-refractivity contribution in [2.24, 2.45) is 11.8 Å². The minimum absolute atomic E-state index is 0.0242. The van der Waals surface area contributed by atoms with E-state index in [-0.39, 0.29) is 35.7 Å². The van der Waals surface area contributed by atoms with Gasteiger partial charge in [0.2, 0.25) is 5.91 Å². The number of rotatable bonds is 11. The van der Waals surface area contributed by atoms with E-state index in [9.17, 15) is 19.2 Å². The molecule has 16 nitrogen and oxygen atoms in total. The predicted octanol–water partition coefficient (Wildman–Crippen LogP) is 7.73. The molecule has 0 aliphatic carbocycles. The lowest BCUT2D eigenvalue weighted by Gasteiger charge is -2.32. The number of carbonyl (C=O) groups is 4. The maximum Gasteiger partial charge on any atom is 0.407 e. The van der Waals surface area contributed by atoms with Crippen molar-refractivity contribution in [1.29, 1.82) is 0 Å². The number of amides is 4. The van der Waals surface area contributed by atoms with E-state index in [2.05, 4.69) is 57.0 Å². The van der Waals surface area contributed by atoms with Crippen LogP contribution in [-0.2, 0) is 30.4 Å². The lowest BCUT2D eigenvalue weighted by molar-refractivity contribution is -0.137. The van der Waals surface area contributed by atoms with Crippen molar-refractivity contribution in [3.63, 3.8) is 0 Å². The number of H-pyrrole nitrogens is 2. The van der Waals surface area contributed by atoms with Crippen LogP contribution in [0.2, 0.25) is 0 Å². The molecule has 4 aromatic carbocycles. The lowest BCUT2D eigenvalue weighted by atomic mass is 9.92. The van der Waals surface area contributed by atoms with E-state index in [1.807, 2.05) is 68.3 Å². The first kappa shape index (κ1) is 43.3. The van der Waals surface area contributed by atoms with E-state index in [1.54, 1.807) is 12.0 Å². The summed E-state index contributed by atoms with van der Waals surface area (Å²) in [6.07, 6.45) is 2.73. The van der Waals surface area contributed by atoms with Gasteiger partial charge in [0.25, 0.3) is 5.91 Å². The number of nitrogens with zero attached hydrogens (tertiary/aromatic N) is 4. The number of carbonyl (C=O) groups excluding carboxylic acids is 4. The number of nitrogens with one attached hydrogen (secondary N) is 4. The Labute approximate surface area is 376 Å². The summed E-state index contributed by atoms with van der Waals surface area (Å²) in [5.41, 5.74) is 6.99. The third-order valence-electron chi connectivity index (χ3n) is 13.1. The summed E-state index contributed by atoms with van der Waals surface area (Å²) in [4.78, 5) is 73.6. The van der Waals surface area contributed by atoms with Crippen LogP contribution < -0.4 is 15.4 Å². The Morgan fingerprint density at radius 1 is 0.862 bits per heavy atom. The van der Waals surface area contributed by atoms with Crippen LogP contribution in [0.15, 0.2) is 79.0 Å². The van der Waals surface area contributed by atoms with Crippen molar-refractivity contribution in [3.8, 4) is 28.1 Å². The maximum atomic E-state index is 14.4. The topological polar surface area (TPSA) is 193 Å². The highest BCUT2D eigenvalue weighted by molar-refractivity contribution is 6.07. The Morgan fingerprint density at radius 2 is 1.65 bits per heavy atom. The number of aromatic nitrogens is 4. The molecule has 4 N–H and O–H groups in total. The van der Waals surface area contributed by atoms with E-state index in [1.165, 1.54) is 14.2 Å². The van der Waals surface area contributed by atoms with Gasteiger partial charge in [0.1, 0.15) is 36.1 Å². The molecule has 0 saturated carbocycles. The molecule has 16 heteroatoms. The summed E-state index contributed by atoms with van der Waals surface area (Å²) >= 11 is 0. The second-order valence-electron chi connectivity index (χ2n) is 17.6. The second kappa shape index (κ2) is 17.9. The van der Waals surface area contributed by atoms with Crippen molar-refractivity contribution in [1.82, 2.24) is 40.4 Å². The third kappa shape index (κ3) is 8.22. The number of likely N-dealkylation sites (tertiary alicyclic amines) is 2. The third-order valence-corrected chi connectivity index (χ3v) is 13.1. The van der Waals surface area contributed by atoms with Gasteiger partial charge in [-0.25, -0.2) is 19.6 Å². The van der Waals surface area contributed by atoms with Gasteiger partial charge < -0.3 is 49.3 Å². The molecule has 2 fully saturated rings. The zero-order valence-corrected chi connectivity index (χ0v) is 37.3. The van der Waals surface area contributed by atoms with Gasteiger partial charge in [-0.1, -0.05) is 62.4 Å². The van der Waals surface area contributed by atoms with Crippen LogP contribution in [0.4, 0.5) is 9.59 Å². The molecule has 4 amide bonds. The average Bonchev–Trinajstić information content (AvgIpc) is 4.15. The van der Waals surface area contributed by atoms with E-state index >= 15 is 0 Å². The first-order valence-electron chi connectivity index (χ1n) is 22.1. The van der Waals surface area contributed by atoms with Crippen LogP contribution >= 0.6 is 0 Å². The normalized spacial score (nSPS) is 20.0. The number of aromatic amines is 2. The molecule has 9 rings (SSSR count). The molecule has 0 bridgehead atoms. The number of alkyl carbamates (subject to hydrolysis) is 2. The van der Waals surface area contributed by atoms with Crippen molar-refractivity contribution in [3.05, 3.63) is 102 Å². The van der Waals surface area contributed by atoms with E-state index in [4.69, 9.17) is 28.9 Å². The fourth-order valence-electron chi connectivity index (χ4n) is 9.83. The summed E-state index contributed by atoms with van der Waals surface area (Å²) in [7, 11) is 4.22. The van der Waals surface area contributed by atoms with Gasteiger partial charge in [-0.15, -0.1) is 0 Å². The van der Waals surface area contributed by atoms with Gasteiger partial charge >= 0.3 is 12.2 Å². The molecular formula is C49H54N8O8. The van der Waals surface area contributed by atoms with Gasteiger partial charge in [0.15, 0.2) is 0 Å². The van der Waals surface area contributed by atoms with Crippen LogP contribution in [0.3, 0.4) is 0 Å². The monoisotopic (exact) mass is 882 g/mol. The molecule has 65 heavy (non-hydrogen) atoms. The van der Waals surface area contributed by atoms with Gasteiger partial charge in [-0.05, 0) is 78.4 Å². The Morgan fingerprint density at radius 3 is 2.40 bits per heavy atom. The van der Waals surface area contributed by atoms with Gasteiger partial charge in [0.05, 0.1) is 49.6 Å². The van der Waals surface area contributed by atoms with Crippen LogP contribution in [0.5, 0.6) is 5.75 Å². The van der Waals surface area contributed by atoms with Gasteiger partial charge in [-0.3, -0.25) is 9.59 Å². The largest absolute Gasteiger partial charge is 0.488 e. The van der Waals surface area contributed by atoms with E-state index in [0.29, 0.717) is 43.4 Å². The molecule has 3 aliphatic heterocycles. The molecule has 0 radical (unpaired) electrons. The standard InChI is InChI=1S/C49H54N8O8/c1-26(2)41(54-48(60)63-5)47(59)57-27(3)12-17-38(57)44-50-22-37(52-44)31-13-15-33-32(19-31)25-65-40-21-34-30(20-35(33)40)14-16-36-43(34)53-45(51-36)39-18-28(24-62-4)23-56(39)46(58)42(55-49(61)64-6)29-10-8-7-9-11-29/h7-11,13-16,19-22,26-28,38-39,41-42H,12,17-18,23-25H2,1-6H3,(H,50,52)(H,51,53)(H,54,60)(H,55,61)/t27-,28-,38-,39-,41-,42?/m0/s1. The SMILES string of the molecule is COC[C@H]1C[C@@H](c2nc3ccc4cc5c(cc4c3[nH]2)OCc2cc(-c3c[nH]c([C@@H]4CC[C@H](C)N4C(=O)[C@@H](NC(=O)OC)C(C)C)n3)ccc2-5)N(C(=O)C(NC(=O)OC)c2ccccc2)C1. The number of benzene rings is 4. The van der Waals surface area contributed by atoms with Crippen LogP contribution in [0, 0.1) is 11.8 Å². The van der Waals surface area contributed by atoms with Crippen molar-refractivity contribution < 1.29 is 38.1 Å². The average molecular weight is 883 g/mol. The Balaban J connectivity index is 0.981. The molecule has 6 aromatic rings. The van der Waals surface area contributed by atoms with Crippen LogP contribution in [-0.4, -0.2) is 100 Å². The molecular weight excluding hydrogens is 829 g/mol. The van der Waals surface area contributed by atoms with Gasteiger partial charge in [0, 0.05) is 48.3 Å². The predicted molar refractivity (Wildman–Crippen MR) is 243 cm³/mol. The van der Waals surface area contributed by atoms with E-state index in [0.717, 1.165) is 68.3 Å². The number of methoxy groups -OCH3 is 3. The van der Waals surface area contributed by atoms with Crippen molar-refractivity contribution in [2.75, 3.05) is 34.5 Å². The summed E-state index contributed by atoms with van der Waals surface area (Å²) in [5, 5.41) is 7.42. The van der Waals surface area contributed by atoms with Crippen molar-refractivity contribution >= 4 is 45.8 Å². The Hall–Kier alpha value is -6.94. The highest BCUT2D eigenvalue weighted by atomic mass is 16.5. The Bertz CT molecular complexity index is 2770. The van der Waals surface area contributed by atoms with Crippen molar-refractivity contribution in [2.45, 2.75) is 76.8 Å². The molecule has 3 aliphatic rings. The molecule has 2 saturated heterocycles. The maximum absolute atomic E-state index is 14.4. The summed E-state index contributed by atoms with van der Waals surface area (Å²) < 4.78 is 21.7. The second-order valence-corrected chi connectivity index (χ2v) is 17.6. The summed E-state index contributed by atoms with van der Waals surface area (Å²) in [6.45, 7) is 7.09. The minimum atomic E-state index is -0.956. The molecule has 2 aromatic heterocycles.